The van der Waals surface area contributed by atoms with Gasteiger partial charge in [-0.1, -0.05) is 0 Å². The van der Waals surface area contributed by atoms with E-state index in [1.54, 1.807) is 13.8 Å². The molecule has 2 saturated heterocycles. The maximum Gasteiger partial charge on any atom is 0.330 e. The van der Waals surface area contributed by atoms with Crippen molar-refractivity contribution in [2.45, 2.75) is 82.9 Å². The topological polar surface area (TPSA) is 185 Å². The number of methoxy groups -OCH3 is 3. The highest BCUT2D eigenvalue weighted by atomic mass is 16.6. The van der Waals surface area contributed by atoms with Gasteiger partial charge in [-0.15, -0.1) is 0 Å². The van der Waals surface area contributed by atoms with Crippen molar-refractivity contribution in [3.63, 3.8) is 0 Å². The Labute approximate surface area is 241 Å². The molecule has 4 heterocycles. The van der Waals surface area contributed by atoms with E-state index in [2.05, 4.69) is 15.3 Å². The van der Waals surface area contributed by atoms with Crippen LogP contribution in [0.5, 0.6) is 0 Å². The summed E-state index contributed by atoms with van der Waals surface area (Å²) in [6.45, 7) is 5.25. The fourth-order valence-corrected chi connectivity index (χ4v) is 5.72. The number of ether oxygens (including phenoxy) is 5. The van der Waals surface area contributed by atoms with Crippen LogP contribution in [-0.2, 0) is 28.5 Å². The highest BCUT2D eigenvalue weighted by Crippen LogP contribution is 2.36. The van der Waals surface area contributed by atoms with Gasteiger partial charge in [-0.2, -0.15) is 0 Å². The third kappa shape index (κ3) is 6.65. The molecule has 2 aliphatic heterocycles. The molecule has 0 aliphatic carbocycles. The molecule has 0 aromatic carbocycles. The minimum Gasteiger partial charge on any atom is -0.382 e. The molecule has 4 rings (SSSR count). The first kappa shape index (κ1) is 31.6. The molecule has 0 unspecified atom stereocenters. The van der Waals surface area contributed by atoms with Gasteiger partial charge in [-0.05, 0) is 33.6 Å². The fraction of sp³-hybridized carbons (Fsp3) is 0.667. The van der Waals surface area contributed by atoms with Crippen LogP contribution in [0, 0.1) is 19.8 Å². The lowest BCUT2D eigenvalue weighted by molar-refractivity contribution is -0.124. The number of hydrogen-bond donors (Lipinski definition) is 3. The van der Waals surface area contributed by atoms with Crippen molar-refractivity contribution < 1.29 is 28.5 Å². The first-order valence-electron chi connectivity index (χ1n) is 13.8. The van der Waals surface area contributed by atoms with Crippen LogP contribution in [0.1, 0.15) is 49.8 Å². The van der Waals surface area contributed by atoms with E-state index in [4.69, 9.17) is 23.7 Å². The van der Waals surface area contributed by atoms with E-state index >= 15 is 0 Å². The van der Waals surface area contributed by atoms with E-state index in [0.717, 1.165) is 0 Å². The second kappa shape index (κ2) is 13.3. The highest BCUT2D eigenvalue weighted by molar-refractivity contribution is 5.76. The van der Waals surface area contributed by atoms with Crippen molar-refractivity contribution in [1.29, 1.82) is 0 Å². The van der Waals surface area contributed by atoms with E-state index in [9.17, 15) is 24.0 Å². The molecule has 42 heavy (non-hydrogen) atoms. The third-order valence-electron chi connectivity index (χ3n) is 7.84. The lowest BCUT2D eigenvalue weighted by atomic mass is 9.96. The van der Waals surface area contributed by atoms with Crippen molar-refractivity contribution in [3.8, 4) is 0 Å². The molecule has 2 aromatic heterocycles. The molecule has 1 amide bonds. The van der Waals surface area contributed by atoms with Crippen molar-refractivity contribution in [1.82, 2.24) is 24.4 Å². The summed E-state index contributed by atoms with van der Waals surface area (Å²) in [5.74, 6) is -0.463. The van der Waals surface area contributed by atoms with Crippen LogP contribution < -0.4 is 27.8 Å². The van der Waals surface area contributed by atoms with Crippen LogP contribution in [0.2, 0.25) is 0 Å². The van der Waals surface area contributed by atoms with Gasteiger partial charge >= 0.3 is 11.4 Å². The summed E-state index contributed by atoms with van der Waals surface area (Å²) in [4.78, 5) is 66.2. The average Bonchev–Trinajstić information content (AvgIpc) is 3.48. The number of aromatic amines is 2. The normalized spacial score (nSPS) is 28.2. The lowest BCUT2D eigenvalue weighted by Gasteiger charge is -2.24. The van der Waals surface area contributed by atoms with Gasteiger partial charge in [0, 0.05) is 63.2 Å². The molecular formula is C27H39N5O10. The van der Waals surface area contributed by atoms with Crippen LogP contribution in [0.4, 0.5) is 0 Å². The van der Waals surface area contributed by atoms with Crippen LogP contribution in [0.15, 0.2) is 31.6 Å². The summed E-state index contributed by atoms with van der Waals surface area (Å²) in [6.07, 6.45) is 0.0812. The number of hydrogen-bond acceptors (Lipinski definition) is 10. The second-order valence-corrected chi connectivity index (χ2v) is 10.9. The maximum absolute atomic E-state index is 13.1. The van der Waals surface area contributed by atoms with Gasteiger partial charge in [0.15, 0.2) is 6.23 Å². The van der Waals surface area contributed by atoms with Crippen LogP contribution >= 0.6 is 0 Å². The van der Waals surface area contributed by atoms with Gasteiger partial charge in [0.05, 0.1) is 18.8 Å². The van der Waals surface area contributed by atoms with Crippen molar-refractivity contribution in [2.24, 2.45) is 5.92 Å². The van der Waals surface area contributed by atoms with E-state index in [-0.39, 0.29) is 30.9 Å². The van der Waals surface area contributed by atoms with Crippen molar-refractivity contribution in [2.75, 3.05) is 27.9 Å². The Hall–Kier alpha value is -3.37. The number of aryl methyl sites for hydroxylation is 2. The zero-order valence-electron chi connectivity index (χ0n) is 24.6. The molecule has 3 N–H and O–H groups in total. The van der Waals surface area contributed by atoms with Gasteiger partial charge in [0.25, 0.3) is 11.1 Å². The molecule has 2 fully saturated rings. The van der Waals surface area contributed by atoms with Gasteiger partial charge in [-0.3, -0.25) is 33.5 Å². The number of rotatable bonds is 11. The number of carbonyl (C=O) groups is 1. The summed E-state index contributed by atoms with van der Waals surface area (Å²) in [6, 6.07) is -0.339. The Balaban J connectivity index is 1.41. The first-order chi connectivity index (χ1) is 20.0. The molecule has 232 valence electrons. The quantitative estimate of drug-likeness (QED) is 0.306. The molecule has 15 heteroatoms. The highest BCUT2D eigenvalue weighted by Gasteiger charge is 2.47. The number of nitrogens with zero attached hydrogens (tertiary/aromatic N) is 2. The molecule has 0 bridgehead atoms. The number of amides is 1. The van der Waals surface area contributed by atoms with E-state index < -0.39 is 59.4 Å². The molecule has 8 atom stereocenters. The van der Waals surface area contributed by atoms with Crippen molar-refractivity contribution >= 4 is 5.91 Å². The zero-order valence-corrected chi connectivity index (χ0v) is 24.6. The molecule has 0 saturated carbocycles. The zero-order chi connectivity index (χ0) is 30.7. The lowest BCUT2D eigenvalue weighted by Crippen LogP contribution is -2.41. The molecule has 15 nitrogen and oxygen atoms in total. The largest absolute Gasteiger partial charge is 0.382 e. The Kier molecular flexibility index (Phi) is 9.99. The van der Waals surface area contributed by atoms with Gasteiger partial charge in [0.2, 0.25) is 5.91 Å². The van der Waals surface area contributed by atoms with Crippen LogP contribution in [-0.4, -0.2) is 83.4 Å². The Morgan fingerprint density at radius 2 is 1.55 bits per heavy atom. The predicted octanol–water partition coefficient (Wildman–Crippen LogP) is -0.534. The van der Waals surface area contributed by atoms with E-state index in [0.29, 0.717) is 24.0 Å². The molecule has 2 aromatic rings. The summed E-state index contributed by atoms with van der Waals surface area (Å²) >= 11 is 0. The smallest absolute Gasteiger partial charge is 0.330 e. The monoisotopic (exact) mass is 593 g/mol. The standard InChI is InChI=1S/C27H39N5O10/c1-13-10-31(26(36)29-23(13)34)20-9-16(18(41-20)12-38-4)8-19(33)28-15(3)7-17-21(39-5)22(40-6)25(42-17)32-11-14(2)24(35)30-27(32)37/h10-11,15-18,20-22,25H,7-9,12H2,1-6H3,(H,28,33)(H,29,34,36)(H,30,35,37)/t15-,16-,17+,18+,20+,21+,22+,25+/m0/s1. The Morgan fingerprint density at radius 3 is 2.14 bits per heavy atom. The SMILES string of the molecule is COC[C@H]1O[C@@H](n2cc(C)c(=O)[nH]c2=O)C[C@@H]1CC(=O)N[C@@H](C)C[C@H]1O[C@@H](n2cc(C)c(=O)[nH]c2=O)[C@H](OC)[C@@H]1OC. The number of aromatic nitrogens is 4. The maximum atomic E-state index is 13.1. The third-order valence-corrected chi connectivity index (χ3v) is 7.84. The second-order valence-electron chi connectivity index (χ2n) is 10.9. The van der Waals surface area contributed by atoms with Gasteiger partial charge < -0.3 is 29.0 Å². The number of nitrogens with one attached hydrogen (secondary N) is 3. The van der Waals surface area contributed by atoms with E-state index in [1.165, 1.54) is 42.9 Å². The summed E-state index contributed by atoms with van der Waals surface area (Å²) in [5.41, 5.74) is -1.43. The average molecular weight is 594 g/mol. The molecule has 2 aliphatic rings. The summed E-state index contributed by atoms with van der Waals surface area (Å²) < 4.78 is 31.5. The Morgan fingerprint density at radius 1 is 0.952 bits per heavy atom. The van der Waals surface area contributed by atoms with Gasteiger partial charge in [0.1, 0.15) is 18.4 Å². The molecule has 0 spiro atoms. The minimum atomic E-state index is -0.849. The first-order valence-corrected chi connectivity index (χ1v) is 13.8. The Bertz CT molecular complexity index is 1500. The van der Waals surface area contributed by atoms with Crippen LogP contribution in [0.25, 0.3) is 0 Å². The van der Waals surface area contributed by atoms with Crippen molar-refractivity contribution in [3.05, 3.63) is 65.2 Å². The fourth-order valence-electron chi connectivity index (χ4n) is 5.72. The van der Waals surface area contributed by atoms with Gasteiger partial charge in [-0.25, -0.2) is 9.59 Å². The predicted molar refractivity (Wildman–Crippen MR) is 148 cm³/mol. The number of H-pyrrole nitrogens is 2. The summed E-state index contributed by atoms with van der Waals surface area (Å²) in [5, 5.41) is 3.00. The number of carbonyl (C=O) groups excluding carboxylic acids is 1. The summed E-state index contributed by atoms with van der Waals surface area (Å²) in [7, 11) is 4.53. The van der Waals surface area contributed by atoms with E-state index in [1.807, 2.05) is 6.92 Å². The van der Waals surface area contributed by atoms with Crippen LogP contribution in [0.3, 0.4) is 0 Å². The molecular weight excluding hydrogens is 554 g/mol. The minimum absolute atomic E-state index is 0.126. The molecule has 0 radical (unpaired) electrons.